The molecule has 3 fully saturated rings. The number of carbonyl (C=O) groups is 1. The standard InChI is InChI=1S/C17H30N2OS/c1-11(2)15-10-19(6-7-21-15)17(20)14-8-12-4-3-5-13(9-14)16(12)18/h11-16H,3-10,18H2,1-2H3. The van der Waals surface area contributed by atoms with Crippen LogP contribution in [0.2, 0.25) is 0 Å². The number of hydrogen-bond acceptors (Lipinski definition) is 3. The van der Waals surface area contributed by atoms with Crippen LogP contribution in [-0.2, 0) is 4.79 Å². The Morgan fingerprint density at radius 3 is 2.52 bits per heavy atom. The highest BCUT2D eigenvalue weighted by Crippen LogP contribution is 2.42. The number of fused-ring (bicyclic) bond motifs is 2. The first-order chi connectivity index (χ1) is 10.1. The third-order valence-corrected chi connectivity index (χ3v) is 7.45. The Morgan fingerprint density at radius 2 is 1.90 bits per heavy atom. The highest BCUT2D eigenvalue weighted by Gasteiger charge is 2.42. The van der Waals surface area contributed by atoms with Gasteiger partial charge in [-0.05, 0) is 43.4 Å². The zero-order valence-corrected chi connectivity index (χ0v) is 14.3. The zero-order chi connectivity index (χ0) is 15.0. The van der Waals surface area contributed by atoms with Crippen molar-refractivity contribution in [2.75, 3.05) is 18.8 Å². The van der Waals surface area contributed by atoms with Gasteiger partial charge in [0.2, 0.25) is 5.91 Å². The van der Waals surface area contributed by atoms with E-state index < -0.39 is 0 Å². The van der Waals surface area contributed by atoms with E-state index in [1.807, 2.05) is 11.8 Å². The highest BCUT2D eigenvalue weighted by atomic mass is 32.2. The van der Waals surface area contributed by atoms with Crippen molar-refractivity contribution in [3.8, 4) is 0 Å². The van der Waals surface area contributed by atoms with Gasteiger partial charge in [-0.15, -0.1) is 0 Å². The summed E-state index contributed by atoms with van der Waals surface area (Å²) in [7, 11) is 0. The summed E-state index contributed by atoms with van der Waals surface area (Å²) < 4.78 is 0. The Bertz CT molecular complexity index is 373. The molecule has 1 amide bonds. The largest absolute Gasteiger partial charge is 0.341 e. The molecule has 4 heteroatoms. The Morgan fingerprint density at radius 1 is 1.24 bits per heavy atom. The van der Waals surface area contributed by atoms with Gasteiger partial charge in [0.1, 0.15) is 0 Å². The molecule has 3 atom stereocenters. The molecular weight excluding hydrogens is 280 g/mol. The van der Waals surface area contributed by atoms with Crippen molar-refractivity contribution >= 4 is 17.7 Å². The Kier molecular flexibility index (Phi) is 4.84. The smallest absolute Gasteiger partial charge is 0.225 e. The normalized spacial score (nSPS) is 40.4. The van der Waals surface area contributed by atoms with Crippen LogP contribution in [0.3, 0.4) is 0 Å². The van der Waals surface area contributed by atoms with Gasteiger partial charge in [0, 0.05) is 36.1 Å². The van der Waals surface area contributed by atoms with Gasteiger partial charge in [-0.1, -0.05) is 20.3 Å². The third-order valence-electron chi connectivity index (χ3n) is 5.91. The number of hydrogen-bond donors (Lipinski definition) is 1. The number of nitrogens with zero attached hydrogens (tertiary/aromatic N) is 1. The summed E-state index contributed by atoms with van der Waals surface area (Å²) in [4.78, 5) is 15.1. The molecule has 0 aromatic rings. The lowest BCUT2D eigenvalue weighted by molar-refractivity contribution is -0.138. The second kappa shape index (κ2) is 6.49. The summed E-state index contributed by atoms with van der Waals surface area (Å²) in [5.74, 6) is 3.66. The quantitative estimate of drug-likeness (QED) is 0.853. The molecule has 3 rings (SSSR count). The van der Waals surface area contributed by atoms with Crippen LogP contribution in [0, 0.1) is 23.7 Å². The molecule has 0 radical (unpaired) electrons. The predicted molar refractivity (Wildman–Crippen MR) is 89.2 cm³/mol. The summed E-state index contributed by atoms with van der Waals surface area (Å²) in [5.41, 5.74) is 6.36. The fraction of sp³-hybridized carbons (Fsp3) is 0.941. The minimum atomic E-state index is 0.260. The molecule has 21 heavy (non-hydrogen) atoms. The van der Waals surface area contributed by atoms with Crippen LogP contribution in [-0.4, -0.2) is 40.9 Å². The molecule has 3 aliphatic rings. The summed E-state index contributed by atoms with van der Waals surface area (Å²) in [5, 5.41) is 0.619. The molecule has 2 saturated carbocycles. The van der Waals surface area contributed by atoms with Crippen LogP contribution in [0.1, 0.15) is 46.0 Å². The maximum Gasteiger partial charge on any atom is 0.225 e. The van der Waals surface area contributed by atoms with Gasteiger partial charge in [-0.3, -0.25) is 4.79 Å². The number of amides is 1. The molecule has 0 aromatic carbocycles. The molecule has 1 aliphatic heterocycles. The maximum atomic E-state index is 12.9. The molecule has 3 unspecified atom stereocenters. The van der Waals surface area contributed by atoms with Gasteiger partial charge in [0.05, 0.1) is 0 Å². The van der Waals surface area contributed by atoms with Crippen molar-refractivity contribution in [1.29, 1.82) is 0 Å². The molecule has 1 heterocycles. The monoisotopic (exact) mass is 310 g/mol. The fourth-order valence-corrected chi connectivity index (χ4v) is 5.83. The van der Waals surface area contributed by atoms with E-state index in [-0.39, 0.29) is 5.92 Å². The number of thioether (sulfide) groups is 1. The van der Waals surface area contributed by atoms with Crippen LogP contribution in [0.5, 0.6) is 0 Å². The topological polar surface area (TPSA) is 46.3 Å². The van der Waals surface area contributed by atoms with Gasteiger partial charge in [0.15, 0.2) is 0 Å². The SMILES string of the molecule is CC(C)C1CN(C(=O)C2CC3CCCC(C2)C3N)CCS1. The summed E-state index contributed by atoms with van der Waals surface area (Å²) in [6.45, 7) is 6.45. The molecule has 2 N–H and O–H groups in total. The van der Waals surface area contributed by atoms with Gasteiger partial charge in [0.25, 0.3) is 0 Å². The van der Waals surface area contributed by atoms with E-state index in [4.69, 9.17) is 5.73 Å². The van der Waals surface area contributed by atoms with Crippen LogP contribution < -0.4 is 5.73 Å². The van der Waals surface area contributed by atoms with E-state index >= 15 is 0 Å². The van der Waals surface area contributed by atoms with E-state index in [0.717, 1.165) is 31.7 Å². The zero-order valence-electron chi connectivity index (χ0n) is 13.5. The number of carbonyl (C=O) groups excluding carboxylic acids is 1. The highest BCUT2D eigenvalue weighted by molar-refractivity contribution is 8.00. The van der Waals surface area contributed by atoms with Crippen molar-refractivity contribution in [3.05, 3.63) is 0 Å². The molecule has 2 aliphatic carbocycles. The molecule has 0 spiro atoms. The van der Waals surface area contributed by atoms with Gasteiger partial charge < -0.3 is 10.6 Å². The van der Waals surface area contributed by atoms with Crippen molar-refractivity contribution in [1.82, 2.24) is 4.90 Å². The molecule has 0 aromatic heterocycles. The number of rotatable bonds is 2. The number of nitrogens with two attached hydrogens (primary N) is 1. The third kappa shape index (κ3) is 3.26. The molecular formula is C17H30N2OS. The first-order valence-electron chi connectivity index (χ1n) is 8.72. The lowest BCUT2D eigenvalue weighted by Crippen LogP contribution is -2.52. The van der Waals surface area contributed by atoms with Crippen LogP contribution in [0.4, 0.5) is 0 Å². The average Bonchev–Trinajstić information content (AvgIpc) is 2.46. The van der Waals surface area contributed by atoms with Crippen molar-refractivity contribution in [2.45, 2.75) is 57.2 Å². The first-order valence-corrected chi connectivity index (χ1v) is 9.77. The van der Waals surface area contributed by atoms with E-state index in [9.17, 15) is 4.79 Å². The van der Waals surface area contributed by atoms with Crippen molar-refractivity contribution in [2.24, 2.45) is 29.4 Å². The summed E-state index contributed by atoms with van der Waals surface area (Å²) >= 11 is 2.04. The van der Waals surface area contributed by atoms with Gasteiger partial charge in [-0.25, -0.2) is 0 Å². The Labute approximate surface area is 133 Å². The first kappa shape index (κ1) is 15.7. The molecule has 1 saturated heterocycles. The van der Waals surface area contributed by atoms with E-state index in [1.54, 1.807) is 0 Å². The van der Waals surface area contributed by atoms with Crippen LogP contribution in [0.15, 0.2) is 0 Å². The van der Waals surface area contributed by atoms with E-state index in [2.05, 4.69) is 18.7 Å². The van der Waals surface area contributed by atoms with Gasteiger partial charge in [-0.2, -0.15) is 11.8 Å². The minimum absolute atomic E-state index is 0.260. The lowest BCUT2D eigenvalue weighted by Gasteiger charge is -2.45. The van der Waals surface area contributed by atoms with Crippen LogP contribution >= 0.6 is 11.8 Å². The fourth-order valence-electron chi connectivity index (χ4n) is 4.53. The summed E-state index contributed by atoms with van der Waals surface area (Å²) in [6.07, 6.45) is 5.90. The minimum Gasteiger partial charge on any atom is -0.341 e. The predicted octanol–water partition coefficient (Wildman–Crippen LogP) is 2.74. The molecule has 2 bridgehead atoms. The van der Waals surface area contributed by atoms with Crippen molar-refractivity contribution < 1.29 is 4.79 Å². The van der Waals surface area contributed by atoms with Crippen molar-refractivity contribution in [3.63, 3.8) is 0 Å². The average molecular weight is 311 g/mol. The Balaban J connectivity index is 1.63. The van der Waals surface area contributed by atoms with E-state index in [1.165, 1.54) is 19.3 Å². The molecule has 3 nitrogen and oxygen atoms in total. The Hall–Kier alpha value is -0.220. The summed E-state index contributed by atoms with van der Waals surface area (Å²) in [6, 6.07) is 0.364. The van der Waals surface area contributed by atoms with Crippen LogP contribution in [0.25, 0.3) is 0 Å². The molecule has 120 valence electrons. The van der Waals surface area contributed by atoms with Gasteiger partial charge >= 0.3 is 0 Å². The lowest BCUT2D eigenvalue weighted by atomic mass is 9.65. The maximum absolute atomic E-state index is 12.9. The van der Waals surface area contributed by atoms with E-state index in [0.29, 0.717) is 35.0 Å². The second-order valence-corrected chi connectivity index (χ2v) is 8.98. The second-order valence-electron chi connectivity index (χ2n) is 7.63.